The normalized spacial score (nSPS) is 11.3. The Bertz CT molecular complexity index is 644. The molecule has 0 aliphatic heterocycles. The maximum absolute atomic E-state index is 12.2. The van der Waals surface area contributed by atoms with Crippen LogP contribution in [0.5, 0.6) is 0 Å². The highest BCUT2D eigenvalue weighted by molar-refractivity contribution is 7.89. The van der Waals surface area contributed by atoms with E-state index in [2.05, 4.69) is 4.72 Å². The lowest BCUT2D eigenvalue weighted by molar-refractivity contribution is -0.122. The number of thiocarbonyl (C=S) groups is 1. The van der Waals surface area contributed by atoms with Gasteiger partial charge in [-0.3, -0.25) is 4.79 Å². The number of amides is 1. The fourth-order valence-corrected chi connectivity index (χ4v) is 2.95. The summed E-state index contributed by atoms with van der Waals surface area (Å²) >= 11 is 4.83. The number of rotatable bonds is 8. The van der Waals surface area contributed by atoms with Crippen LogP contribution in [-0.4, -0.2) is 39.1 Å². The Kier molecular flexibility index (Phi) is 6.21. The van der Waals surface area contributed by atoms with Gasteiger partial charge in [-0.05, 0) is 18.6 Å². The van der Waals surface area contributed by atoms with E-state index in [1.807, 2.05) is 0 Å². The number of sulfonamides is 1. The van der Waals surface area contributed by atoms with Crippen LogP contribution in [-0.2, 0) is 19.6 Å². The molecule has 1 amide bonds. The van der Waals surface area contributed by atoms with E-state index in [1.165, 1.54) is 6.07 Å². The minimum Gasteiger partial charge on any atom is -0.389 e. The van der Waals surface area contributed by atoms with Crippen molar-refractivity contribution in [3.05, 3.63) is 29.3 Å². The number of carbonyl (C=O) groups is 1. The fraction of sp³-hybridized carbons (Fsp3) is 0.333. The molecule has 0 aliphatic rings. The maximum Gasteiger partial charge on any atom is 0.243 e. The van der Waals surface area contributed by atoms with Crippen LogP contribution in [0.2, 0.25) is 0 Å². The number of benzene rings is 1. The number of hydrogen-bond acceptors (Lipinski definition) is 5. The van der Waals surface area contributed by atoms with Crippen molar-refractivity contribution in [2.24, 2.45) is 11.5 Å². The molecule has 1 aromatic rings. The first kappa shape index (κ1) is 17.5. The maximum atomic E-state index is 12.2. The van der Waals surface area contributed by atoms with Crippen molar-refractivity contribution in [2.75, 3.05) is 19.8 Å². The molecule has 0 aliphatic carbocycles. The Balaban J connectivity index is 2.76. The smallest absolute Gasteiger partial charge is 0.243 e. The number of ether oxygens (including phenoxy) is 1. The Morgan fingerprint density at radius 1 is 1.38 bits per heavy atom. The van der Waals surface area contributed by atoms with E-state index in [4.69, 9.17) is 28.4 Å². The van der Waals surface area contributed by atoms with Gasteiger partial charge in [0, 0.05) is 12.1 Å². The van der Waals surface area contributed by atoms with Gasteiger partial charge in [-0.15, -0.1) is 0 Å². The SMILES string of the molecule is Cc1ccc(C(N)=S)cc1S(=O)(=O)NCCOCC(N)=O. The van der Waals surface area contributed by atoms with Gasteiger partial charge in [-0.25, -0.2) is 13.1 Å². The first-order valence-electron chi connectivity index (χ1n) is 6.00. The number of hydrogen-bond donors (Lipinski definition) is 3. The number of nitrogens with two attached hydrogens (primary N) is 2. The zero-order valence-corrected chi connectivity index (χ0v) is 13.1. The standard InChI is InChI=1S/C12H17N3O4S2/c1-8-2-3-9(12(14)20)6-10(8)21(17,18)15-4-5-19-7-11(13)16/h2-3,6,15H,4-5,7H2,1H3,(H2,13,16)(H2,14,20). The van der Waals surface area contributed by atoms with E-state index in [9.17, 15) is 13.2 Å². The molecule has 0 radical (unpaired) electrons. The average Bonchev–Trinajstić information content (AvgIpc) is 2.37. The van der Waals surface area contributed by atoms with Crippen LogP contribution in [0.25, 0.3) is 0 Å². The number of carbonyl (C=O) groups excluding carboxylic acids is 1. The Morgan fingerprint density at radius 3 is 2.62 bits per heavy atom. The van der Waals surface area contributed by atoms with Crippen molar-refractivity contribution in [3.63, 3.8) is 0 Å². The lowest BCUT2D eigenvalue weighted by Gasteiger charge is -2.11. The summed E-state index contributed by atoms with van der Waals surface area (Å²) in [4.78, 5) is 10.7. The lowest BCUT2D eigenvalue weighted by atomic mass is 10.1. The first-order valence-corrected chi connectivity index (χ1v) is 7.89. The first-order chi connectivity index (χ1) is 9.74. The third-order valence-electron chi connectivity index (χ3n) is 2.54. The van der Waals surface area contributed by atoms with Crippen molar-refractivity contribution in [2.45, 2.75) is 11.8 Å². The molecular weight excluding hydrogens is 314 g/mol. The van der Waals surface area contributed by atoms with Crippen LogP contribution in [0, 0.1) is 6.92 Å². The van der Waals surface area contributed by atoms with E-state index in [1.54, 1.807) is 19.1 Å². The van der Waals surface area contributed by atoms with E-state index in [0.717, 1.165) is 0 Å². The molecule has 0 fully saturated rings. The van der Waals surface area contributed by atoms with Gasteiger partial charge in [0.15, 0.2) is 0 Å². The zero-order valence-electron chi connectivity index (χ0n) is 11.5. The summed E-state index contributed by atoms with van der Waals surface area (Å²) in [6.45, 7) is 1.47. The van der Waals surface area contributed by atoms with Crippen molar-refractivity contribution >= 4 is 33.1 Å². The third kappa shape index (κ3) is 5.38. The molecule has 9 heteroatoms. The van der Waals surface area contributed by atoms with Crippen LogP contribution in [0.1, 0.15) is 11.1 Å². The van der Waals surface area contributed by atoms with Crippen LogP contribution < -0.4 is 16.2 Å². The van der Waals surface area contributed by atoms with Crippen molar-refractivity contribution in [3.8, 4) is 0 Å². The van der Waals surface area contributed by atoms with Gasteiger partial charge in [-0.2, -0.15) is 0 Å². The number of aryl methyl sites for hydroxylation is 1. The Morgan fingerprint density at radius 2 is 2.05 bits per heavy atom. The van der Waals surface area contributed by atoms with Gasteiger partial charge in [0.05, 0.1) is 11.5 Å². The molecule has 116 valence electrons. The van der Waals surface area contributed by atoms with Crippen molar-refractivity contribution in [1.29, 1.82) is 0 Å². The fourth-order valence-electron chi connectivity index (χ4n) is 1.54. The molecule has 0 aromatic heterocycles. The van der Waals surface area contributed by atoms with Gasteiger partial charge in [0.25, 0.3) is 0 Å². The molecule has 0 atom stereocenters. The zero-order chi connectivity index (χ0) is 16.0. The van der Waals surface area contributed by atoms with Gasteiger partial charge >= 0.3 is 0 Å². The second-order valence-electron chi connectivity index (χ2n) is 4.26. The third-order valence-corrected chi connectivity index (χ3v) is 4.38. The Labute approximate surface area is 128 Å². The molecule has 0 bridgehead atoms. The van der Waals surface area contributed by atoms with Crippen LogP contribution >= 0.6 is 12.2 Å². The van der Waals surface area contributed by atoms with Gasteiger partial charge in [-0.1, -0.05) is 24.4 Å². The lowest BCUT2D eigenvalue weighted by Crippen LogP contribution is -2.29. The molecule has 0 spiro atoms. The van der Waals surface area contributed by atoms with E-state index >= 15 is 0 Å². The molecule has 1 rings (SSSR count). The molecule has 0 saturated carbocycles. The van der Waals surface area contributed by atoms with Crippen LogP contribution in [0.3, 0.4) is 0 Å². The summed E-state index contributed by atoms with van der Waals surface area (Å²) in [6.07, 6.45) is 0. The monoisotopic (exact) mass is 331 g/mol. The largest absolute Gasteiger partial charge is 0.389 e. The molecule has 0 saturated heterocycles. The molecule has 0 unspecified atom stereocenters. The van der Waals surface area contributed by atoms with E-state index in [-0.39, 0.29) is 29.6 Å². The summed E-state index contributed by atoms with van der Waals surface area (Å²) in [5.74, 6) is -0.613. The summed E-state index contributed by atoms with van der Waals surface area (Å²) in [5, 5.41) is 0. The topological polar surface area (TPSA) is 125 Å². The van der Waals surface area contributed by atoms with Crippen molar-refractivity contribution < 1.29 is 17.9 Å². The summed E-state index contributed by atoms with van der Waals surface area (Å²) in [7, 11) is -3.71. The predicted octanol–water partition coefficient (Wildman–Crippen LogP) is -0.591. The van der Waals surface area contributed by atoms with Crippen LogP contribution in [0.15, 0.2) is 23.1 Å². The molecule has 5 N–H and O–H groups in total. The summed E-state index contributed by atoms with van der Waals surface area (Å²) in [5.41, 5.74) is 11.4. The second-order valence-corrected chi connectivity index (χ2v) is 6.44. The van der Waals surface area contributed by atoms with Gasteiger partial charge in [0.1, 0.15) is 11.6 Å². The molecule has 21 heavy (non-hydrogen) atoms. The highest BCUT2D eigenvalue weighted by atomic mass is 32.2. The van der Waals surface area contributed by atoms with E-state index < -0.39 is 15.9 Å². The van der Waals surface area contributed by atoms with E-state index in [0.29, 0.717) is 11.1 Å². The van der Waals surface area contributed by atoms with Crippen LogP contribution in [0.4, 0.5) is 0 Å². The number of primary amides is 1. The summed E-state index contributed by atoms with van der Waals surface area (Å²) < 4.78 is 31.6. The Hall–Kier alpha value is -1.55. The minimum atomic E-state index is -3.71. The minimum absolute atomic E-state index is 0.0202. The second kappa shape index (κ2) is 7.46. The highest BCUT2D eigenvalue weighted by Gasteiger charge is 2.17. The molecule has 1 aromatic carbocycles. The predicted molar refractivity (Wildman–Crippen MR) is 82.3 cm³/mol. The highest BCUT2D eigenvalue weighted by Crippen LogP contribution is 2.16. The summed E-state index contributed by atoms with van der Waals surface area (Å²) in [6, 6.07) is 4.71. The molecule has 7 nitrogen and oxygen atoms in total. The number of nitrogens with one attached hydrogen (secondary N) is 1. The average molecular weight is 331 g/mol. The van der Waals surface area contributed by atoms with Crippen molar-refractivity contribution in [1.82, 2.24) is 4.72 Å². The molecule has 0 heterocycles. The molecular formula is C12H17N3O4S2. The van der Waals surface area contributed by atoms with Gasteiger partial charge in [0.2, 0.25) is 15.9 Å². The quantitative estimate of drug-likeness (QED) is 0.432. The van der Waals surface area contributed by atoms with Gasteiger partial charge < -0.3 is 16.2 Å².